The summed E-state index contributed by atoms with van der Waals surface area (Å²) in [6.07, 6.45) is 1.98. The number of aromatic nitrogens is 1. The van der Waals surface area contributed by atoms with E-state index in [1.54, 1.807) is 17.0 Å². The summed E-state index contributed by atoms with van der Waals surface area (Å²) in [6, 6.07) is 17.8. The van der Waals surface area contributed by atoms with E-state index in [0.717, 1.165) is 11.4 Å². The Morgan fingerprint density at radius 2 is 1.72 bits per heavy atom. The molecule has 0 fully saturated rings. The molecule has 1 N–H and O–H groups in total. The van der Waals surface area contributed by atoms with Crippen LogP contribution in [0.1, 0.15) is 43.6 Å². The molecule has 0 spiro atoms. The van der Waals surface area contributed by atoms with Crippen molar-refractivity contribution in [2.75, 3.05) is 11.9 Å². The number of hydrogen-bond acceptors (Lipinski definition) is 1. The van der Waals surface area contributed by atoms with Crippen molar-refractivity contribution in [2.45, 2.75) is 38.8 Å². The maximum Gasteiger partial charge on any atom is 0.322 e. The number of nitrogens with zero attached hydrogens (tertiary/aromatic N) is 2. The van der Waals surface area contributed by atoms with Crippen molar-refractivity contribution in [3.63, 3.8) is 0 Å². The molecule has 2 heterocycles. The van der Waals surface area contributed by atoms with Gasteiger partial charge in [-0.1, -0.05) is 51.1 Å². The summed E-state index contributed by atoms with van der Waals surface area (Å²) in [6.45, 7) is 7.66. The fraction of sp³-hybridized carbons (Fsp3) is 0.292. The van der Waals surface area contributed by atoms with Crippen LogP contribution in [0.3, 0.4) is 0 Å². The number of nitrogens with one attached hydrogen (secondary N) is 1. The second kappa shape index (κ2) is 7.39. The van der Waals surface area contributed by atoms with E-state index in [9.17, 15) is 9.18 Å². The molecule has 29 heavy (non-hydrogen) atoms. The second-order valence-electron chi connectivity index (χ2n) is 8.50. The van der Waals surface area contributed by atoms with E-state index in [4.69, 9.17) is 0 Å². The number of hydrogen-bond donors (Lipinski definition) is 1. The largest absolute Gasteiger partial charge is 0.348 e. The molecule has 0 saturated carbocycles. The molecule has 150 valence electrons. The standard InChI is InChI=1S/C24H26FN3O/c1-24(2,3)17-10-12-18(13-11-17)26-23(29)28-16-15-27-14-6-9-21(27)22(28)19-7-4-5-8-20(19)25/h4-14,22H,15-16H2,1-3H3,(H,26,29)/t22-/m0/s1. The summed E-state index contributed by atoms with van der Waals surface area (Å²) in [5.41, 5.74) is 3.41. The Bertz CT molecular complexity index is 1020. The van der Waals surface area contributed by atoms with Gasteiger partial charge in [0.15, 0.2) is 0 Å². The number of urea groups is 1. The lowest BCUT2D eigenvalue weighted by molar-refractivity contribution is 0.180. The maximum atomic E-state index is 14.6. The average molecular weight is 391 g/mol. The molecule has 1 aliphatic rings. The summed E-state index contributed by atoms with van der Waals surface area (Å²) in [4.78, 5) is 14.9. The van der Waals surface area contributed by atoms with Gasteiger partial charge in [0, 0.05) is 36.2 Å². The van der Waals surface area contributed by atoms with E-state index in [1.165, 1.54) is 11.6 Å². The number of benzene rings is 2. The van der Waals surface area contributed by atoms with Crippen LogP contribution in [-0.2, 0) is 12.0 Å². The number of carbonyl (C=O) groups excluding carboxylic acids is 1. The highest BCUT2D eigenvalue weighted by Crippen LogP contribution is 2.34. The van der Waals surface area contributed by atoms with Gasteiger partial charge in [-0.2, -0.15) is 0 Å². The van der Waals surface area contributed by atoms with Crippen molar-refractivity contribution in [3.8, 4) is 0 Å². The van der Waals surface area contributed by atoms with Gasteiger partial charge in [-0.05, 0) is 41.3 Å². The van der Waals surface area contributed by atoms with Gasteiger partial charge in [-0.15, -0.1) is 0 Å². The number of carbonyl (C=O) groups is 1. The van der Waals surface area contributed by atoms with E-state index in [-0.39, 0.29) is 17.3 Å². The van der Waals surface area contributed by atoms with Crippen molar-refractivity contribution >= 4 is 11.7 Å². The molecule has 1 aliphatic heterocycles. The highest BCUT2D eigenvalue weighted by Gasteiger charge is 2.33. The van der Waals surface area contributed by atoms with E-state index in [1.807, 2.05) is 48.7 Å². The lowest BCUT2D eigenvalue weighted by Gasteiger charge is -2.37. The summed E-state index contributed by atoms with van der Waals surface area (Å²) in [7, 11) is 0. The number of anilines is 1. The molecular weight excluding hydrogens is 365 g/mol. The molecule has 2 aromatic carbocycles. The minimum absolute atomic E-state index is 0.0523. The van der Waals surface area contributed by atoms with Crippen LogP contribution in [0, 0.1) is 5.82 Å². The normalized spacial score (nSPS) is 16.4. The SMILES string of the molecule is CC(C)(C)c1ccc(NC(=O)N2CCn3cccc3[C@@H]2c2ccccc2F)cc1. The zero-order chi connectivity index (χ0) is 20.6. The quantitative estimate of drug-likeness (QED) is 0.610. The van der Waals surface area contributed by atoms with Crippen LogP contribution >= 0.6 is 0 Å². The topological polar surface area (TPSA) is 37.3 Å². The predicted octanol–water partition coefficient (Wildman–Crippen LogP) is 5.56. The third-order valence-corrected chi connectivity index (χ3v) is 5.50. The van der Waals surface area contributed by atoms with E-state index in [0.29, 0.717) is 18.7 Å². The first-order valence-electron chi connectivity index (χ1n) is 9.92. The molecule has 1 atom stereocenters. The van der Waals surface area contributed by atoms with Gasteiger partial charge >= 0.3 is 6.03 Å². The number of halogens is 1. The van der Waals surface area contributed by atoms with Gasteiger partial charge in [0.2, 0.25) is 0 Å². The average Bonchev–Trinajstić information content (AvgIpc) is 3.16. The van der Waals surface area contributed by atoms with Crippen molar-refractivity contribution in [1.82, 2.24) is 9.47 Å². The molecule has 5 heteroatoms. The molecular formula is C24H26FN3O. The molecule has 3 aromatic rings. The fourth-order valence-electron chi connectivity index (χ4n) is 3.88. The van der Waals surface area contributed by atoms with Crippen LogP contribution in [-0.4, -0.2) is 22.0 Å². The maximum absolute atomic E-state index is 14.6. The van der Waals surface area contributed by atoms with Crippen molar-refractivity contribution in [2.24, 2.45) is 0 Å². The monoisotopic (exact) mass is 391 g/mol. The van der Waals surface area contributed by atoms with Crippen LogP contribution in [0.5, 0.6) is 0 Å². The first kappa shape index (κ1) is 19.2. The minimum atomic E-state index is -0.464. The van der Waals surface area contributed by atoms with Crippen LogP contribution in [0.15, 0.2) is 66.9 Å². The third kappa shape index (κ3) is 3.77. The molecule has 0 bridgehead atoms. The van der Waals surface area contributed by atoms with E-state index in [2.05, 4.69) is 30.7 Å². The fourth-order valence-corrected chi connectivity index (χ4v) is 3.88. The van der Waals surface area contributed by atoms with Gasteiger partial charge in [-0.25, -0.2) is 9.18 Å². The molecule has 0 aliphatic carbocycles. The molecule has 2 amide bonds. The molecule has 4 nitrogen and oxygen atoms in total. The molecule has 0 radical (unpaired) electrons. The van der Waals surface area contributed by atoms with Gasteiger partial charge in [0.25, 0.3) is 0 Å². The molecule has 1 aromatic heterocycles. The number of amides is 2. The summed E-state index contributed by atoms with van der Waals surface area (Å²) in [5.74, 6) is -0.306. The zero-order valence-electron chi connectivity index (χ0n) is 17.0. The highest BCUT2D eigenvalue weighted by atomic mass is 19.1. The Labute approximate surface area is 171 Å². The van der Waals surface area contributed by atoms with Gasteiger partial charge < -0.3 is 14.8 Å². The van der Waals surface area contributed by atoms with E-state index >= 15 is 0 Å². The predicted molar refractivity (Wildman–Crippen MR) is 114 cm³/mol. The van der Waals surface area contributed by atoms with Crippen LogP contribution in [0.4, 0.5) is 14.9 Å². The first-order chi connectivity index (χ1) is 13.8. The van der Waals surface area contributed by atoms with Crippen LogP contribution in [0.2, 0.25) is 0 Å². The Morgan fingerprint density at radius 3 is 2.41 bits per heavy atom. The minimum Gasteiger partial charge on any atom is -0.348 e. The first-order valence-corrected chi connectivity index (χ1v) is 9.92. The Balaban J connectivity index is 1.62. The Hall–Kier alpha value is -3.08. The van der Waals surface area contributed by atoms with Gasteiger partial charge in [0.05, 0.1) is 0 Å². The second-order valence-corrected chi connectivity index (χ2v) is 8.50. The van der Waals surface area contributed by atoms with Crippen molar-refractivity contribution in [1.29, 1.82) is 0 Å². The molecule has 0 saturated heterocycles. The smallest absolute Gasteiger partial charge is 0.322 e. The van der Waals surface area contributed by atoms with Crippen molar-refractivity contribution < 1.29 is 9.18 Å². The number of fused-ring (bicyclic) bond motifs is 1. The molecule has 0 unspecified atom stereocenters. The van der Waals surface area contributed by atoms with Crippen LogP contribution in [0.25, 0.3) is 0 Å². The van der Waals surface area contributed by atoms with Gasteiger partial charge in [0.1, 0.15) is 11.9 Å². The zero-order valence-corrected chi connectivity index (χ0v) is 17.0. The lowest BCUT2D eigenvalue weighted by atomic mass is 9.87. The summed E-state index contributed by atoms with van der Waals surface area (Å²) < 4.78 is 16.7. The summed E-state index contributed by atoms with van der Waals surface area (Å²) in [5, 5.41) is 2.99. The van der Waals surface area contributed by atoms with Crippen LogP contribution < -0.4 is 5.32 Å². The van der Waals surface area contributed by atoms with Crippen molar-refractivity contribution in [3.05, 3.63) is 89.5 Å². The highest BCUT2D eigenvalue weighted by molar-refractivity contribution is 5.90. The summed E-state index contributed by atoms with van der Waals surface area (Å²) >= 11 is 0. The Kier molecular flexibility index (Phi) is 4.91. The third-order valence-electron chi connectivity index (χ3n) is 5.50. The van der Waals surface area contributed by atoms with Gasteiger partial charge in [-0.3, -0.25) is 0 Å². The van der Waals surface area contributed by atoms with E-state index < -0.39 is 6.04 Å². The Morgan fingerprint density at radius 1 is 1.00 bits per heavy atom. The lowest BCUT2D eigenvalue weighted by Crippen LogP contribution is -2.44. The molecule has 4 rings (SSSR count). The number of rotatable bonds is 2.